The summed E-state index contributed by atoms with van der Waals surface area (Å²) in [6.07, 6.45) is -2.81. The second-order valence-electron chi connectivity index (χ2n) is 4.92. The average Bonchev–Trinajstić information content (AvgIpc) is 2.89. The van der Waals surface area contributed by atoms with Gasteiger partial charge in [0.2, 0.25) is 0 Å². The van der Waals surface area contributed by atoms with Crippen LogP contribution in [0.15, 0.2) is 30.5 Å². The third-order valence-electron chi connectivity index (χ3n) is 2.91. The molecule has 0 aliphatic rings. The number of halogens is 4. The van der Waals surface area contributed by atoms with Gasteiger partial charge in [-0.15, -0.1) is 0 Å². The Morgan fingerprint density at radius 2 is 2.00 bits per heavy atom. The molecule has 22 heavy (non-hydrogen) atoms. The molecule has 0 fully saturated rings. The van der Waals surface area contributed by atoms with Crippen LogP contribution in [0.4, 0.5) is 18.9 Å². The third-order valence-corrected chi connectivity index (χ3v) is 3.85. The molecule has 0 radical (unpaired) electrons. The van der Waals surface area contributed by atoms with Gasteiger partial charge in [-0.05, 0) is 60.7 Å². The summed E-state index contributed by atoms with van der Waals surface area (Å²) in [5, 5.41) is 6.56. The zero-order valence-corrected chi connectivity index (χ0v) is 13.9. The van der Waals surface area contributed by atoms with Crippen molar-refractivity contribution in [1.29, 1.82) is 0 Å². The van der Waals surface area contributed by atoms with Crippen molar-refractivity contribution in [2.24, 2.45) is 0 Å². The highest BCUT2D eigenvalue weighted by Crippen LogP contribution is 2.32. The van der Waals surface area contributed by atoms with E-state index in [0.29, 0.717) is 3.57 Å². The Bertz CT molecular complexity index is 695. The molecule has 0 bridgehead atoms. The van der Waals surface area contributed by atoms with Gasteiger partial charge in [0.05, 0.1) is 11.3 Å². The van der Waals surface area contributed by atoms with Gasteiger partial charge < -0.3 is 5.32 Å². The maximum absolute atomic E-state index is 12.7. The molecule has 8 heteroatoms. The lowest BCUT2D eigenvalue weighted by atomic mass is 10.2. The highest BCUT2D eigenvalue weighted by atomic mass is 127. The fourth-order valence-corrected chi connectivity index (χ4v) is 2.20. The van der Waals surface area contributed by atoms with Crippen molar-refractivity contribution in [3.05, 3.63) is 45.3 Å². The number of benzene rings is 1. The van der Waals surface area contributed by atoms with Crippen LogP contribution in [0.1, 0.15) is 35.9 Å². The number of aromatic nitrogens is 2. The van der Waals surface area contributed by atoms with E-state index in [1.165, 1.54) is 12.1 Å². The Balaban J connectivity index is 2.24. The summed E-state index contributed by atoms with van der Waals surface area (Å²) in [5.74, 6) is -0.545. The number of alkyl halides is 3. The molecule has 0 aliphatic heterocycles. The van der Waals surface area contributed by atoms with Crippen molar-refractivity contribution in [3.63, 3.8) is 0 Å². The molecule has 118 valence electrons. The Kier molecular flexibility index (Phi) is 4.78. The summed E-state index contributed by atoms with van der Waals surface area (Å²) < 4.78 is 40.3. The number of hydrogen-bond donors (Lipinski definition) is 1. The lowest BCUT2D eigenvalue weighted by Crippen LogP contribution is -2.15. The topological polar surface area (TPSA) is 46.9 Å². The maximum atomic E-state index is 12.7. The van der Waals surface area contributed by atoms with E-state index in [1.54, 1.807) is 10.9 Å². The van der Waals surface area contributed by atoms with Crippen molar-refractivity contribution in [2.45, 2.75) is 26.1 Å². The van der Waals surface area contributed by atoms with E-state index in [1.807, 2.05) is 36.4 Å². The molecule has 1 amide bonds. The lowest BCUT2D eigenvalue weighted by Gasteiger charge is -2.11. The van der Waals surface area contributed by atoms with Crippen LogP contribution in [0.2, 0.25) is 0 Å². The Morgan fingerprint density at radius 3 is 2.55 bits per heavy atom. The molecule has 2 rings (SSSR count). The van der Waals surface area contributed by atoms with Crippen LogP contribution in [0.5, 0.6) is 0 Å². The van der Waals surface area contributed by atoms with E-state index in [2.05, 4.69) is 10.4 Å². The zero-order valence-electron chi connectivity index (χ0n) is 11.8. The molecule has 4 nitrogen and oxygen atoms in total. The average molecular weight is 423 g/mol. The normalized spacial score (nSPS) is 11.8. The highest BCUT2D eigenvalue weighted by molar-refractivity contribution is 14.1. The van der Waals surface area contributed by atoms with E-state index >= 15 is 0 Å². The van der Waals surface area contributed by atoms with Gasteiger partial charge >= 0.3 is 6.18 Å². The standard InChI is InChI=1S/C14H13F3IN3O/c1-8(2)21-6-5-11(20-21)13(22)19-12-7-9(14(15,16)17)3-4-10(12)18/h3-8H,1-2H3,(H,19,22). The van der Waals surface area contributed by atoms with Gasteiger partial charge in [0.25, 0.3) is 5.91 Å². The fraction of sp³-hybridized carbons (Fsp3) is 0.286. The van der Waals surface area contributed by atoms with Crippen molar-refractivity contribution < 1.29 is 18.0 Å². The van der Waals surface area contributed by atoms with Gasteiger partial charge in [0.1, 0.15) is 0 Å². The fourth-order valence-electron chi connectivity index (χ4n) is 1.73. The molecular weight excluding hydrogens is 410 g/mol. The number of amides is 1. The SMILES string of the molecule is CC(C)n1ccc(C(=O)Nc2cc(C(F)(F)F)ccc2I)n1. The van der Waals surface area contributed by atoms with Crippen LogP contribution >= 0.6 is 22.6 Å². The first-order valence-electron chi connectivity index (χ1n) is 6.41. The van der Waals surface area contributed by atoms with E-state index in [9.17, 15) is 18.0 Å². The van der Waals surface area contributed by atoms with Gasteiger partial charge in [-0.3, -0.25) is 9.48 Å². The second kappa shape index (κ2) is 6.27. The lowest BCUT2D eigenvalue weighted by molar-refractivity contribution is -0.137. The summed E-state index contributed by atoms with van der Waals surface area (Å²) in [5.41, 5.74) is -0.544. The minimum Gasteiger partial charge on any atom is -0.320 e. The van der Waals surface area contributed by atoms with E-state index in [0.717, 1.165) is 12.1 Å². The first kappa shape index (κ1) is 16.8. The molecule has 0 saturated heterocycles. The Hall–Kier alpha value is -1.58. The Morgan fingerprint density at radius 1 is 1.32 bits per heavy atom. The summed E-state index contributed by atoms with van der Waals surface area (Å²) >= 11 is 1.87. The third kappa shape index (κ3) is 3.79. The number of carbonyl (C=O) groups excluding carboxylic acids is 1. The molecule has 0 aliphatic carbocycles. The van der Waals surface area contributed by atoms with Crippen LogP contribution in [0.25, 0.3) is 0 Å². The molecule has 2 aromatic rings. The van der Waals surface area contributed by atoms with Crippen molar-refractivity contribution in [2.75, 3.05) is 5.32 Å². The number of carbonyl (C=O) groups is 1. The summed E-state index contributed by atoms with van der Waals surface area (Å²) in [6.45, 7) is 3.81. The van der Waals surface area contributed by atoms with Crippen LogP contribution in [-0.4, -0.2) is 15.7 Å². The summed E-state index contributed by atoms with van der Waals surface area (Å²) in [6, 6.07) is 4.82. The van der Waals surface area contributed by atoms with Crippen LogP contribution in [0, 0.1) is 3.57 Å². The minimum absolute atomic E-state index is 0.0928. The Labute approximate surface area is 138 Å². The predicted octanol–water partition coefficient (Wildman–Crippen LogP) is 4.34. The first-order valence-corrected chi connectivity index (χ1v) is 7.49. The minimum atomic E-state index is -4.46. The maximum Gasteiger partial charge on any atom is 0.416 e. The number of rotatable bonds is 3. The molecule has 1 N–H and O–H groups in total. The van der Waals surface area contributed by atoms with Gasteiger partial charge in [0, 0.05) is 15.8 Å². The zero-order chi connectivity index (χ0) is 16.5. The van der Waals surface area contributed by atoms with E-state index < -0.39 is 17.6 Å². The molecule has 0 saturated carbocycles. The quantitative estimate of drug-likeness (QED) is 0.747. The van der Waals surface area contributed by atoms with Crippen molar-refractivity contribution >= 4 is 34.2 Å². The number of anilines is 1. The molecule has 1 aromatic carbocycles. The van der Waals surface area contributed by atoms with Crippen LogP contribution in [0.3, 0.4) is 0 Å². The van der Waals surface area contributed by atoms with E-state index in [4.69, 9.17) is 0 Å². The van der Waals surface area contributed by atoms with Crippen molar-refractivity contribution in [1.82, 2.24) is 9.78 Å². The van der Waals surface area contributed by atoms with E-state index in [-0.39, 0.29) is 17.4 Å². The predicted molar refractivity (Wildman–Crippen MR) is 84.7 cm³/mol. The smallest absolute Gasteiger partial charge is 0.320 e. The summed E-state index contributed by atoms with van der Waals surface area (Å²) in [4.78, 5) is 12.1. The van der Waals surface area contributed by atoms with Gasteiger partial charge in [-0.2, -0.15) is 18.3 Å². The highest BCUT2D eigenvalue weighted by Gasteiger charge is 2.31. The number of nitrogens with one attached hydrogen (secondary N) is 1. The molecule has 0 unspecified atom stereocenters. The molecule has 0 spiro atoms. The van der Waals surface area contributed by atoms with Crippen molar-refractivity contribution in [3.8, 4) is 0 Å². The molecule has 1 heterocycles. The summed E-state index contributed by atoms with van der Waals surface area (Å²) in [7, 11) is 0. The second-order valence-corrected chi connectivity index (χ2v) is 6.08. The van der Waals surface area contributed by atoms with Gasteiger partial charge in [-0.1, -0.05) is 0 Å². The molecular formula is C14H13F3IN3O. The number of nitrogens with zero attached hydrogens (tertiary/aromatic N) is 2. The first-order chi connectivity index (χ1) is 10.2. The molecule has 0 atom stereocenters. The van der Waals surface area contributed by atoms with Gasteiger partial charge in [-0.25, -0.2) is 0 Å². The monoisotopic (exact) mass is 423 g/mol. The van der Waals surface area contributed by atoms with Crippen LogP contribution < -0.4 is 5.32 Å². The van der Waals surface area contributed by atoms with Gasteiger partial charge in [0.15, 0.2) is 5.69 Å². The molecule has 1 aromatic heterocycles. The number of hydrogen-bond acceptors (Lipinski definition) is 2. The largest absolute Gasteiger partial charge is 0.416 e. The van der Waals surface area contributed by atoms with Crippen LogP contribution in [-0.2, 0) is 6.18 Å².